The summed E-state index contributed by atoms with van der Waals surface area (Å²) in [5.41, 5.74) is 1.04. The highest BCUT2D eigenvalue weighted by molar-refractivity contribution is 5.78. The number of aryl methyl sites for hydroxylation is 1. The molecule has 0 bridgehead atoms. The van der Waals surface area contributed by atoms with Gasteiger partial charge in [0.15, 0.2) is 0 Å². The number of carbonyl (C=O) groups is 1. The summed E-state index contributed by atoms with van der Waals surface area (Å²) in [6.45, 7) is 4.56. The molecule has 1 aliphatic rings. The predicted molar refractivity (Wildman–Crippen MR) is 65.2 cm³/mol. The number of nitrogens with zero attached hydrogens (tertiary/aromatic N) is 2. The van der Waals surface area contributed by atoms with Gasteiger partial charge in [0.1, 0.15) is 0 Å². The van der Waals surface area contributed by atoms with Crippen LogP contribution in [0, 0.1) is 11.8 Å². The van der Waals surface area contributed by atoms with Gasteiger partial charge in [-0.2, -0.15) is 5.10 Å². The van der Waals surface area contributed by atoms with Crippen molar-refractivity contribution in [2.24, 2.45) is 18.9 Å². The van der Waals surface area contributed by atoms with Gasteiger partial charge in [0, 0.05) is 31.9 Å². The van der Waals surface area contributed by atoms with Gasteiger partial charge in [0.2, 0.25) is 5.91 Å². The Morgan fingerprint density at radius 1 is 1.65 bits per heavy atom. The number of rotatable bonds is 3. The first-order valence-electron chi connectivity index (χ1n) is 6.11. The topological polar surface area (TPSA) is 59.0 Å². The van der Waals surface area contributed by atoms with Gasteiger partial charge in [0.05, 0.1) is 12.1 Å². The minimum Gasteiger partial charge on any atom is -0.352 e. The summed E-state index contributed by atoms with van der Waals surface area (Å²) < 4.78 is 1.74. The van der Waals surface area contributed by atoms with Crippen LogP contribution in [0.15, 0.2) is 12.4 Å². The number of nitrogens with one attached hydrogen (secondary N) is 2. The summed E-state index contributed by atoms with van der Waals surface area (Å²) in [5.74, 6) is 0.834. The third-order valence-electron chi connectivity index (χ3n) is 3.17. The maximum absolute atomic E-state index is 11.9. The fourth-order valence-corrected chi connectivity index (χ4v) is 2.25. The molecular formula is C12H20N4O. The molecular weight excluding hydrogens is 216 g/mol. The molecule has 2 rings (SSSR count). The fraction of sp³-hybridized carbons (Fsp3) is 0.667. The zero-order valence-electron chi connectivity index (χ0n) is 10.4. The Bertz CT molecular complexity index is 388. The van der Waals surface area contributed by atoms with Crippen LogP contribution in [0.2, 0.25) is 0 Å². The van der Waals surface area contributed by atoms with Gasteiger partial charge >= 0.3 is 0 Å². The number of hydrogen-bond donors (Lipinski definition) is 2. The van der Waals surface area contributed by atoms with E-state index in [4.69, 9.17) is 0 Å². The molecule has 5 heteroatoms. The zero-order valence-corrected chi connectivity index (χ0v) is 10.4. The van der Waals surface area contributed by atoms with E-state index in [2.05, 4.69) is 22.7 Å². The molecule has 0 aliphatic carbocycles. The fourth-order valence-electron chi connectivity index (χ4n) is 2.25. The first kappa shape index (κ1) is 12.1. The number of amides is 1. The average molecular weight is 236 g/mol. The Hall–Kier alpha value is -1.36. The molecule has 1 aliphatic heterocycles. The van der Waals surface area contributed by atoms with Crippen molar-refractivity contribution >= 4 is 5.91 Å². The third-order valence-corrected chi connectivity index (χ3v) is 3.17. The predicted octanol–water partition coefficient (Wildman–Crippen LogP) is 0.282. The van der Waals surface area contributed by atoms with Crippen LogP contribution < -0.4 is 10.6 Å². The highest BCUT2D eigenvalue weighted by atomic mass is 16.1. The summed E-state index contributed by atoms with van der Waals surface area (Å²) in [6.07, 6.45) is 4.68. The largest absolute Gasteiger partial charge is 0.352 e. The summed E-state index contributed by atoms with van der Waals surface area (Å²) in [4.78, 5) is 11.9. The van der Waals surface area contributed by atoms with E-state index in [1.807, 2.05) is 13.2 Å². The zero-order chi connectivity index (χ0) is 12.3. The van der Waals surface area contributed by atoms with Crippen LogP contribution in [0.5, 0.6) is 0 Å². The Morgan fingerprint density at radius 3 is 3.12 bits per heavy atom. The lowest BCUT2D eigenvalue weighted by Crippen LogP contribution is -2.43. The molecule has 2 unspecified atom stereocenters. The van der Waals surface area contributed by atoms with Crippen molar-refractivity contribution in [3.05, 3.63) is 18.0 Å². The van der Waals surface area contributed by atoms with Crippen molar-refractivity contribution in [3.63, 3.8) is 0 Å². The molecule has 2 heterocycles. The minimum absolute atomic E-state index is 0.107. The van der Waals surface area contributed by atoms with Crippen molar-refractivity contribution in [1.82, 2.24) is 20.4 Å². The van der Waals surface area contributed by atoms with E-state index >= 15 is 0 Å². The van der Waals surface area contributed by atoms with E-state index < -0.39 is 0 Å². The summed E-state index contributed by atoms with van der Waals surface area (Å²) >= 11 is 0. The molecule has 0 radical (unpaired) electrons. The molecule has 1 amide bonds. The Balaban J connectivity index is 1.80. The second-order valence-electron chi connectivity index (χ2n) is 4.94. The lowest BCUT2D eigenvalue weighted by molar-refractivity contribution is -0.126. The van der Waals surface area contributed by atoms with Gasteiger partial charge in [0.25, 0.3) is 0 Å². The maximum Gasteiger partial charge on any atom is 0.224 e. The van der Waals surface area contributed by atoms with E-state index in [1.54, 1.807) is 10.9 Å². The highest BCUT2D eigenvalue weighted by Gasteiger charge is 2.24. The number of aromatic nitrogens is 2. The quantitative estimate of drug-likeness (QED) is 0.792. The van der Waals surface area contributed by atoms with Crippen LogP contribution in [0.4, 0.5) is 0 Å². The summed E-state index contributed by atoms with van der Waals surface area (Å²) in [7, 11) is 1.87. The van der Waals surface area contributed by atoms with Crippen molar-refractivity contribution in [2.75, 3.05) is 13.1 Å². The monoisotopic (exact) mass is 236 g/mol. The van der Waals surface area contributed by atoms with E-state index in [9.17, 15) is 4.79 Å². The lowest BCUT2D eigenvalue weighted by Gasteiger charge is -2.26. The van der Waals surface area contributed by atoms with Crippen LogP contribution in [0.25, 0.3) is 0 Å². The first-order valence-corrected chi connectivity index (χ1v) is 6.11. The van der Waals surface area contributed by atoms with Gasteiger partial charge in [-0.25, -0.2) is 0 Å². The normalized spacial score (nSPS) is 24.6. The molecule has 0 spiro atoms. The number of hydrogen-bond acceptors (Lipinski definition) is 3. The van der Waals surface area contributed by atoms with Crippen molar-refractivity contribution in [2.45, 2.75) is 19.9 Å². The van der Waals surface area contributed by atoms with E-state index in [1.165, 1.54) is 0 Å². The molecule has 5 nitrogen and oxygen atoms in total. The average Bonchev–Trinajstić information content (AvgIpc) is 2.72. The lowest BCUT2D eigenvalue weighted by atomic mass is 9.91. The standard InChI is InChI=1S/C12H20N4O/c1-9-3-11(7-13-4-9)12(17)14-5-10-6-15-16(2)8-10/h6,8-9,11,13H,3-5,7H2,1-2H3,(H,14,17). The van der Waals surface area contributed by atoms with Crippen LogP contribution >= 0.6 is 0 Å². The smallest absolute Gasteiger partial charge is 0.224 e. The van der Waals surface area contributed by atoms with Gasteiger partial charge < -0.3 is 10.6 Å². The molecule has 0 saturated carbocycles. The van der Waals surface area contributed by atoms with Crippen molar-refractivity contribution in [3.8, 4) is 0 Å². The number of carbonyl (C=O) groups excluding carboxylic acids is 1. The second kappa shape index (κ2) is 5.31. The van der Waals surface area contributed by atoms with Crippen molar-refractivity contribution < 1.29 is 4.79 Å². The molecule has 17 heavy (non-hydrogen) atoms. The second-order valence-corrected chi connectivity index (χ2v) is 4.94. The minimum atomic E-state index is 0.107. The molecule has 2 atom stereocenters. The van der Waals surface area contributed by atoms with Crippen LogP contribution in [-0.4, -0.2) is 28.8 Å². The summed E-state index contributed by atoms with van der Waals surface area (Å²) in [6, 6.07) is 0. The maximum atomic E-state index is 11.9. The molecule has 2 N–H and O–H groups in total. The highest BCUT2D eigenvalue weighted by Crippen LogP contribution is 2.15. The Morgan fingerprint density at radius 2 is 2.47 bits per heavy atom. The Labute approximate surface area is 102 Å². The SMILES string of the molecule is CC1CNCC(C(=O)NCc2cnn(C)c2)C1. The van der Waals surface area contributed by atoms with E-state index in [0.29, 0.717) is 12.5 Å². The van der Waals surface area contributed by atoms with E-state index in [0.717, 1.165) is 25.1 Å². The van der Waals surface area contributed by atoms with Gasteiger partial charge in [-0.3, -0.25) is 9.48 Å². The van der Waals surface area contributed by atoms with Crippen LogP contribution in [-0.2, 0) is 18.4 Å². The molecule has 94 valence electrons. The number of piperidine rings is 1. The van der Waals surface area contributed by atoms with Crippen LogP contribution in [0.3, 0.4) is 0 Å². The Kier molecular flexibility index (Phi) is 3.78. The molecule has 1 fully saturated rings. The van der Waals surface area contributed by atoms with Gasteiger partial charge in [-0.1, -0.05) is 6.92 Å². The molecule has 1 aromatic rings. The van der Waals surface area contributed by atoms with Crippen molar-refractivity contribution in [1.29, 1.82) is 0 Å². The first-order chi connectivity index (χ1) is 8.15. The van der Waals surface area contributed by atoms with Crippen LogP contribution in [0.1, 0.15) is 18.9 Å². The molecule has 1 saturated heterocycles. The molecule has 1 aromatic heterocycles. The van der Waals surface area contributed by atoms with Gasteiger partial charge in [-0.15, -0.1) is 0 Å². The third kappa shape index (κ3) is 3.30. The van der Waals surface area contributed by atoms with Gasteiger partial charge in [-0.05, 0) is 18.9 Å². The molecule has 0 aromatic carbocycles. The van der Waals surface area contributed by atoms with E-state index in [-0.39, 0.29) is 11.8 Å². The summed E-state index contributed by atoms with van der Waals surface area (Å²) in [5, 5.41) is 10.3.